The minimum absolute atomic E-state index is 0.0604. The molecule has 0 unspecified atom stereocenters. The van der Waals surface area contributed by atoms with Gasteiger partial charge in [-0.2, -0.15) is 0 Å². The van der Waals surface area contributed by atoms with Gasteiger partial charge in [0.05, 0.1) is 7.11 Å². The van der Waals surface area contributed by atoms with Gasteiger partial charge in [-0.15, -0.1) is 0 Å². The highest BCUT2D eigenvalue weighted by Crippen LogP contribution is 2.31. The van der Waals surface area contributed by atoms with Crippen molar-refractivity contribution in [2.45, 2.75) is 44.8 Å². The second-order valence-electron chi connectivity index (χ2n) is 8.11. The van der Waals surface area contributed by atoms with Crippen LogP contribution in [0, 0.1) is 3.57 Å². The molecule has 4 rings (SSSR count). The summed E-state index contributed by atoms with van der Waals surface area (Å²) >= 11 is 2.25. The second kappa shape index (κ2) is 10.4. The van der Waals surface area contributed by atoms with E-state index in [1.165, 1.54) is 18.1 Å². The van der Waals surface area contributed by atoms with E-state index in [0.717, 1.165) is 41.2 Å². The first-order valence-electron chi connectivity index (χ1n) is 10.9. The Kier molecular flexibility index (Phi) is 7.32. The van der Waals surface area contributed by atoms with Crippen LogP contribution < -0.4 is 14.8 Å². The number of halogens is 1. The highest BCUT2D eigenvalue weighted by molar-refractivity contribution is 14.1. The van der Waals surface area contributed by atoms with Gasteiger partial charge in [-0.05, 0) is 76.9 Å². The fraction of sp³-hybridized carbons (Fsp3) is 0.320. The number of rotatable bonds is 6. The lowest BCUT2D eigenvalue weighted by molar-refractivity contribution is -0.132. The molecule has 0 radical (unpaired) electrons. The molecule has 1 saturated carbocycles. The third-order valence-corrected chi connectivity index (χ3v) is 6.60. The number of urea groups is 1. The monoisotopic (exact) mass is 560 g/mol. The first-order chi connectivity index (χ1) is 16.0. The molecule has 2 fully saturated rings. The van der Waals surface area contributed by atoms with Crippen LogP contribution in [0.2, 0.25) is 0 Å². The molecule has 172 valence electrons. The molecule has 8 heteroatoms. The van der Waals surface area contributed by atoms with Crippen molar-refractivity contribution in [1.82, 2.24) is 10.2 Å². The summed E-state index contributed by atoms with van der Waals surface area (Å²) in [4.78, 5) is 39.1. The summed E-state index contributed by atoms with van der Waals surface area (Å²) in [6.07, 6.45) is 6.05. The van der Waals surface area contributed by atoms with Gasteiger partial charge >= 0.3 is 6.03 Å². The average molecular weight is 560 g/mol. The van der Waals surface area contributed by atoms with E-state index in [9.17, 15) is 14.4 Å². The first-order valence-corrected chi connectivity index (χ1v) is 12.0. The molecular formula is C25H25IN2O5. The summed E-state index contributed by atoms with van der Waals surface area (Å²) in [5, 5.41) is 2.31. The number of carbonyl (C=O) groups is 3. The summed E-state index contributed by atoms with van der Waals surface area (Å²) in [6.45, 7) is 0.382. The van der Waals surface area contributed by atoms with E-state index in [0.29, 0.717) is 23.7 Å². The molecule has 1 saturated heterocycles. The average Bonchev–Trinajstić information content (AvgIpc) is 2.82. The molecule has 1 heterocycles. The zero-order chi connectivity index (χ0) is 23.4. The first kappa shape index (κ1) is 23.3. The molecule has 2 aliphatic rings. The third-order valence-electron chi connectivity index (χ3n) is 5.88. The number of carbonyl (C=O) groups excluding carboxylic acids is 3. The van der Waals surface area contributed by atoms with Crippen molar-refractivity contribution in [2.24, 2.45) is 0 Å². The Hall–Kier alpha value is -2.88. The van der Waals surface area contributed by atoms with Gasteiger partial charge in [0.2, 0.25) is 0 Å². The second-order valence-corrected chi connectivity index (χ2v) is 9.36. The maximum Gasteiger partial charge on any atom is 0.331 e. The summed E-state index contributed by atoms with van der Waals surface area (Å²) in [7, 11) is 1.53. The molecule has 2 aromatic carbocycles. The molecule has 1 aliphatic heterocycles. The fourth-order valence-electron chi connectivity index (χ4n) is 4.14. The van der Waals surface area contributed by atoms with Gasteiger partial charge in [0.1, 0.15) is 12.2 Å². The van der Waals surface area contributed by atoms with Crippen LogP contribution in [0.25, 0.3) is 6.08 Å². The molecule has 7 nitrogen and oxygen atoms in total. The van der Waals surface area contributed by atoms with Gasteiger partial charge < -0.3 is 9.47 Å². The van der Waals surface area contributed by atoms with Crippen molar-refractivity contribution in [3.05, 3.63) is 62.7 Å². The maximum atomic E-state index is 13.1. The number of methoxy groups -OCH3 is 1. The summed E-state index contributed by atoms with van der Waals surface area (Å²) in [5.41, 5.74) is 1.57. The van der Waals surface area contributed by atoms with Crippen molar-refractivity contribution in [3.63, 3.8) is 0 Å². The van der Waals surface area contributed by atoms with E-state index in [2.05, 4.69) is 27.9 Å². The van der Waals surface area contributed by atoms with E-state index in [4.69, 9.17) is 9.47 Å². The van der Waals surface area contributed by atoms with Crippen LogP contribution >= 0.6 is 22.6 Å². The topological polar surface area (TPSA) is 84.9 Å². The van der Waals surface area contributed by atoms with Gasteiger partial charge in [-0.1, -0.05) is 37.5 Å². The van der Waals surface area contributed by atoms with E-state index < -0.39 is 17.8 Å². The van der Waals surface area contributed by atoms with E-state index in [1.807, 2.05) is 24.3 Å². The number of hydrogen-bond acceptors (Lipinski definition) is 5. The number of ether oxygens (including phenoxy) is 2. The molecule has 1 aliphatic carbocycles. The van der Waals surface area contributed by atoms with Crippen molar-refractivity contribution < 1.29 is 23.9 Å². The van der Waals surface area contributed by atoms with Gasteiger partial charge in [0, 0.05) is 9.61 Å². The lowest BCUT2D eigenvalue weighted by atomic mass is 9.93. The fourth-order valence-corrected chi connectivity index (χ4v) is 4.50. The highest BCUT2D eigenvalue weighted by atomic mass is 127. The van der Waals surface area contributed by atoms with Crippen molar-refractivity contribution >= 4 is 46.5 Å². The van der Waals surface area contributed by atoms with Gasteiger partial charge in [0.15, 0.2) is 11.5 Å². The quantitative estimate of drug-likeness (QED) is 0.316. The van der Waals surface area contributed by atoms with Crippen molar-refractivity contribution in [3.8, 4) is 11.5 Å². The predicted molar refractivity (Wildman–Crippen MR) is 132 cm³/mol. The molecule has 0 spiro atoms. The van der Waals surface area contributed by atoms with Crippen molar-refractivity contribution in [1.29, 1.82) is 0 Å². The van der Waals surface area contributed by atoms with Gasteiger partial charge in [0.25, 0.3) is 11.8 Å². The van der Waals surface area contributed by atoms with Crippen LogP contribution in [-0.2, 0) is 16.2 Å². The minimum Gasteiger partial charge on any atom is -0.493 e. The number of benzene rings is 2. The van der Waals surface area contributed by atoms with Gasteiger partial charge in [-0.25, -0.2) is 4.79 Å². The Morgan fingerprint density at radius 1 is 1.03 bits per heavy atom. The Morgan fingerprint density at radius 2 is 1.76 bits per heavy atom. The van der Waals surface area contributed by atoms with Crippen molar-refractivity contribution in [2.75, 3.05) is 7.11 Å². The van der Waals surface area contributed by atoms with Crippen LogP contribution in [0.1, 0.15) is 43.2 Å². The molecule has 4 amide bonds. The molecule has 2 aromatic rings. The standard InChI is InChI=1S/C25H25IN2O5/c1-32-22-14-17(9-12-21(22)33-15-16-7-10-18(26)11-8-16)13-20-23(29)27-25(31)28(24(20)30)19-5-3-2-4-6-19/h7-14,19H,2-6,15H2,1H3,(H,27,29,31). The number of imide groups is 2. The van der Waals surface area contributed by atoms with Gasteiger partial charge in [-0.3, -0.25) is 19.8 Å². The minimum atomic E-state index is -0.685. The summed E-state index contributed by atoms with van der Waals surface area (Å²) < 4.78 is 12.5. The van der Waals surface area contributed by atoms with E-state index in [1.54, 1.807) is 18.2 Å². The smallest absolute Gasteiger partial charge is 0.331 e. The molecule has 33 heavy (non-hydrogen) atoms. The summed E-state index contributed by atoms with van der Waals surface area (Å²) in [6, 6.07) is 12.4. The third kappa shape index (κ3) is 5.38. The number of nitrogens with one attached hydrogen (secondary N) is 1. The molecular weight excluding hydrogens is 535 g/mol. The van der Waals surface area contributed by atoms with Crippen LogP contribution in [0.4, 0.5) is 4.79 Å². The zero-order valence-electron chi connectivity index (χ0n) is 18.3. The molecule has 0 bridgehead atoms. The lowest BCUT2D eigenvalue weighted by Crippen LogP contribution is -2.58. The predicted octanol–water partition coefficient (Wildman–Crippen LogP) is 4.67. The molecule has 1 N–H and O–H groups in total. The van der Waals surface area contributed by atoms with Crippen LogP contribution in [0.3, 0.4) is 0 Å². The number of amides is 4. The van der Waals surface area contributed by atoms with Crippen LogP contribution in [0.5, 0.6) is 11.5 Å². The largest absolute Gasteiger partial charge is 0.493 e. The highest BCUT2D eigenvalue weighted by Gasteiger charge is 2.40. The maximum absolute atomic E-state index is 13.1. The normalized spacial score (nSPS) is 18.4. The Bertz CT molecular complexity index is 1090. The lowest BCUT2D eigenvalue weighted by Gasteiger charge is -2.35. The Labute approximate surface area is 206 Å². The SMILES string of the molecule is COc1cc(C=C2C(=O)NC(=O)N(C3CCCCC3)C2=O)ccc1OCc1ccc(I)cc1. The summed E-state index contributed by atoms with van der Waals surface area (Å²) in [5.74, 6) is -0.195. The van der Waals surface area contributed by atoms with E-state index >= 15 is 0 Å². The molecule has 0 atom stereocenters. The number of barbiturate groups is 1. The Balaban J connectivity index is 1.54. The van der Waals surface area contributed by atoms with E-state index in [-0.39, 0.29) is 11.6 Å². The Morgan fingerprint density at radius 3 is 2.45 bits per heavy atom. The van der Waals surface area contributed by atoms with Crippen LogP contribution in [-0.4, -0.2) is 35.9 Å². The van der Waals surface area contributed by atoms with Crippen LogP contribution in [0.15, 0.2) is 48.0 Å². The molecule has 0 aromatic heterocycles. The number of hydrogen-bond donors (Lipinski definition) is 1. The zero-order valence-corrected chi connectivity index (χ0v) is 20.5. The number of nitrogens with zero attached hydrogens (tertiary/aromatic N) is 1.